The molecule has 0 aromatic rings. The summed E-state index contributed by atoms with van der Waals surface area (Å²) in [6.07, 6.45) is 2.89. The molecule has 6 heteroatoms. The van der Waals surface area contributed by atoms with Crippen LogP contribution in [0.15, 0.2) is 25.7 Å². The SMILES string of the molecule is C=COCCOCCN1CCN(CCOCCOC=C)CC1. The summed E-state index contributed by atoms with van der Waals surface area (Å²) in [7, 11) is 0. The monoisotopic (exact) mass is 314 g/mol. The summed E-state index contributed by atoms with van der Waals surface area (Å²) in [5.41, 5.74) is 0. The molecule has 1 fully saturated rings. The van der Waals surface area contributed by atoms with Crippen molar-refractivity contribution in [2.45, 2.75) is 0 Å². The Morgan fingerprint density at radius 1 is 0.636 bits per heavy atom. The van der Waals surface area contributed by atoms with Crippen molar-refractivity contribution in [3.8, 4) is 0 Å². The van der Waals surface area contributed by atoms with Gasteiger partial charge >= 0.3 is 0 Å². The molecule has 22 heavy (non-hydrogen) atoms. The van der Waals surface area contributed by atoms with Gasteiger partial charge in [0, 0.05) is 39.3 Å². The first-order valence-corrected chi connectivity index (χ1v) is 7.92. The Kier molecular flexibility index (Phi) is 11.7. The van der Waals surface area contributed by atoms with E-state index in [-0.39, 0.29) is 0 Å². The van der Waals surface area contributed by atoms with E-state index in [2.05, 4.69) is 23.0 Å². The summed E-state index contributed by atoms with van der Waals surface area (Å²) in [4.78, 5) is 4.87. The molecule has 0 radical (unpaired) electrons. The zero-order chi connectivity index (χ0) is 15.9. The van der Waals surface area contributed by atoms with Gasteiger partial charge in [-0.25, -0.2) is 0 Å². The quantitative estimate of drug-likeness (QED) is 0.351. The molecule has 1 rings (SSSR count). The van der Waals surface area contributed by atoms with E-state index in [1.807, 2.05) is 0 Å². The number of rotatable bonds is 14. The van der Waals surface area contributed by atoms with Crippen LogP contribution < -0.4 is 0 Å². The number of nitrogens with zero attached hydrogens (tertiary/aromatic N) is 2. The first-order chi connectivity index (χ1) is 10.9. The summed E-state index contributed by atoms with van der Waals surface area (Å²) in [5.74, 6) is 0. The summed E-state index contributed by atoms with van der Waals surface area (Å²) in [5, 5.41) is 0. The minimum absolute atomic E-state index is 0.578. The third-order valence-electron chi connectivity index (χ3n) is 3.50. The van der Waals surface area contributed by atoms with Crippen LogP contribution >= 0.6 is 0 Å². The normalized spacial score (nSPS) is 16.4. The van der Waals surface area contributed by atoms with Gasteiger partial charge in [0.15, 0.2) is 0 Å². The first kappa shape index (κ1) is 19.0. The number of piperazine rings is 1. The van der Waals surface area contributed by atoms with E-state index in [1.165, 1.54) is 12.5 Å². The van der Waals surface area contributed by atoms with Gasteiger partial charge in [-0.3, -0.25) is 9.80 Å². The maximum atomic E-state index is 5.51. The number of hydrogen-bond donors (Lipinski definition) is 0. The largest absolute Gasteiger partial charge is 0.499 e. The molecule has 6 nitrogen and oxygen atoms in total. The highest BCUT2D eigenvalue weighted by molar-refractivity contribution is 4.71. The summed E-state index contributed by atoms with van der Waals surface area (Å²) in [6.45, 7) is 17.2. The topological polar surface area (TPSA) is 43.4 Å². The third-order valence-corrected chi connectivity index (χ3v) is 3.50. The summed E-state index contributed by atoms with van der Waals surface area (Å²) < 4.78 is 21.0. The van der Waals surface area contributed by atoms with Gasteiger partial charge in [-0.05, 0) is 0 Å². The Hall–Kier alpha value is -1.08. The lowest BCUT2D eigenvalue weighted by atomic mass is 10.3. The Morgan fingerprint density at radius 2 is 1.05 bits per heavy atom. The second kappa shape index (κ2) is 13.6. The van der Waals surface area contributed by atoms with Gasteiger partial charge in [0.05, 0.1) is 39.0 Å². The molecule has 0 unspecified atom stereocenters. The van der Waals surface area contributed by atoms with Crippen molar-refractivity contribution in [2.24, 2.45) is 0 Å². The highest BCUT2D eigenvalue weighted by atomic mass is 16.5. The molecule has 0 aromatic heterocycles. The van der Waals surface area contributed by atoms with Crippen molar-refractivity contribution in [3.63, 3.8) is 0 Å². The van der Waals surface area contributed by atoms with Crippen molar-refractivity contribution in [3.05, 3.63) is 25.7 Å². The second-order valence-electron chi connectivity index (χ2n) is 4.98. The van der Waals surface area contributed by atoms with Crippen molar-refractivity contribution in [1.29, 1.82) is 0 Å². The predicted octanol–water partition coefficient (Wildman–Crippen LogP) is 0.957. The van der Waals surface area contributed by atoms with Crippen LogP contribution in [0.1, 0.15) is 0 Å². The molecule has 1 aliphatic heterocycles. The van der Waals surface area contributed by atoms with E-state index >= 15 is 0 Å². The summed E-state index contributed by atoms with van der Waals surface area (Å²) >= 11 is 0. The molecule has 0 aromatic carbocycles. The fourth-order valence-corrected chi connectivity index (χ4v) is 2.21. The number of ether oxygens (including phenoxy) is 4. The smallest absolute Gasteiger partial charge is 0.111 e. The molecule has 1 aliphatic rings. The molecule has 0 amide bonds. The van der Waals surface area contributed by atoms with Crippen LogP contribution in [0.4, 0.5) is 0 Å². The van der Waals surface area contributed by atoms with Gasteiger partial charge in [0.2, 0.25) is 0 Å². The van der Waals surface area contributed by atoms with Gasteiger partial charge < -0.3 is 18.9 Å². The lowest BCUT2D eigenvalue weighted by Crippen LogP contribution is -2.48. The van der Waals surface area contributed by atoms with Crippen molar-refractivity contribution < 1.29 is 18.9 Å². The molecule has 0 bridgehead atoms. The lowest BCUT2D eigenvalue weighted by Gasteiger charge is -2.34. The lowest BCUT2D eigenvalue weighted by molar-refractivity contribution is 0.0388. The molecule has 0 N–H and O–H groups in total. The average Bonchev–Trinajstić information content (AvgIpc) is 2.55. The van der Waals surface area contributed by atoms with Crippen LogP contribution in [0.25, 0.3) is 0 Å². The van der Waals surface area contributed by atoms with Crippen LogP contribution in [0.3, 0.4) is 0 Å². The van der Waals surface area contributed by atoms with Crippen molar-refractivity contribution >= 4 is 0 Å². The highest BCUT2D eigenvalue weighted by Crippen LogP contribution is 2.01. The second-order valence-corrected chi connectivity index (χ2v) is 4.98. The summed E-state index contributed by atoms with van der Waals surface area (Å²) in [6, 6.07) is 0. The molecular formula is C16H30N2O4. The van der Waals surface area contributed by atoms with E-state index in [9.17, 15) is 0 Å². The Morgan fingerprint density at radius 3 is 1.41 bits per heavy atom. The van der Waals surface area contributed by atoms with Crippen LogP contribution in [-0.4, -0.2) is 88.7 Å². The van der Waals surface area contributed by atoms with E-state index < -0.39 is 0 Å². The zero-order valence-electron chi connectivity index (χ0n) is 13.6. The highest BCUT2D eigenvalue weighted by Gasteiger charge is 2.15. The van der Waals surface area contributed by atoms with Gasteiger partial charge in [-0.2, -0.15) is 0 Å². The van der Waals surface area contributed by atoms with Crippen LogP contribution in [0.5, 0.6) is 0 Å². The Labute approximate surface area is 134 Å². The Bertz CT molecular complexity index is 253. The van der Waals surface area contributed by atoms with Crippen LogP contribution in [-0.2, 0) is 18.9 Å². The van der Waals surface area contributed by atoms with Gasteiger partial charge in [0.1, 0.15) is 13.2 Å². The van der Waals surface area contributed by atoms with Crippen LogP contribution in [0.2, 0.25) is 0 Å². The van der Waals surface area contributed by atoms with E-state index in [4.69, 9.17) is 18.9 Å². The standard InChI is InChI=1S/C16H30N2O4/c1-3-19-13-15-21-11-9-17-5-7-18(8-6-17)10-12-22-16-14-20-4-2/h3-4H,1-2,5-16H2. The predicted molar refractivity (Wildman–Crippen MR) is 86.8 cm³/mol. The third kappa shape index (κ3) is 9.78. The van der Waals surface area contributed by atoms with Gasteiger partial charge in [-0.15, -0.1) is 0 Å². The molecule has 1 heterocycles. The Balaban J connectivity index is 1.90. The van der Waals surface area contributed by atoms with Crippen molar-refractivity contribution in [2.75, 3.05) is 78.9 Å². The molecule has 0 saturated carbocycles. The molecular weight excluding hydrogens is 284 g/mol. The van der Waals surface area contributed by atoms with Gasteiger partial charge in [-0.1, -0.05) is 13.2 Å². The molecule has 1 saturated heterocycles. The van der Waals surface area contributed by atoms with Crippen molar-refractivity contribution in [1.82, 2.24) is 9.80 Å². The van der Waals surface area contributed by atoms with Crippen LogP contribution in [0, 0.1) is 0 Å². The first-order valence-electron chi connectivity index (χ1n) is 7.92. The fourth-order valence-electron chi connectivity index (χ4n) is 2.21. The average molecular weight is 314 g/mol. The zero-order valence-corrected chi connectivity index (χ0v) is 13.6. The van der Waals surface area contributed by atoms with E-state index in [0.29, 0.717) is 26.4 Å². The maximum absolute atomic E-state index is 5.51. The maximum Gasteiger partial charge on any atom is 0.111 e. The molecule has 0 atom stereocenters. The minimum atomic E-state index is 0.578. The minimum Gasteiger partial charge on any atom is -0.499 e. The number of hydrogen-bond acceptors (Lipinski definition) is 6. The molecule has 0 aliphatic carbocycles. The molecule has 0 spiro atoms. The van der Waals surface area contributed by atoms with E-state index in [1.54, 1.807) is 0 Å². The van der Waals surface area contributed by atoms with Gasteiger partial charge in [0.25, 0.3) is 0 Å². The molecule has 128 valence electrons. The van der Waals surface area contributed by atoms with E-state index in [0.717, 1.165) is 52.5 Å². The fraction of sp³-hybridized carbons (Fsp3) is 0.750.